The minimum atomic E-state index is 0. The van der Waals surface area contributed by atoms with Crippen molar-refractivity contribution in [2.24, 2.45) is 4.99 Å². The monoisotopic (exact) mass is 472 g/mol. The lowest BCUT2D eigenvalue weighted by Gasteiger charge is -2.33. The van der Waals surface area contributed by atoms with E-state index in [9.17, 15) is 0 Å². The van der Waals surface area contributed by atoms with E-state index in [0.717, 1.165) is 42.7 Å². The third-order valence-corrected chi connectivity index (χ3v) is 5.02. The Balaban J connectivity index is 0.00000225. The number of halogens is 1. The van der Waals surface area contributed by atoms with E-state index in [1.54, 1.807) is 11.3 Å². The topological polar surface area (TPSA) is 65.4 Å². The SMILES string of the molecule is CN=C(NCc1ncc(C)s1)NC1CCN(c2ccccn2)CC1.I. The zero-order valence-corrected chi connectivity index (χ0v) is 17.8. The number of pyridine rings is 1. The first-order valence-corrected chi connectivity index (χ1v) is 9.10. The molecule has 1 aliphatic heterocycles. The van der Waals surface area contributed by atoms with Crippen molar-refractivity contribution in [3.63, 3.8) is 0 Å². The Bertz CT molecular complexity index is 667. The van der Waals surface area contributed by atoms with E-state index in [1.807, 2.05) is 31.6 Å². The number of hydrogen-bond donors (Lipinski definition) is 2. The van der Waals surface area contributed by atoms with Crippen LogP contribution in [0, 0.1) is 6.92 Å². The molecule has 3 heterocycles. The number of piperidine rings is 1. The van der Waals surface area contributed by atoms with Crippen molar-refractivity contribution in [2.75, 3.05) is 25.0 Å². The highest BCUT2D eigenvalue weighted by atomic mass is 127. The summed E-state index contributed by atoms with van der Waals surface area (Å²) in [6, 6.07) is 6.51. The van der Waals surface area contributed by atoms with Gasteiger partial charge in [0.2, 0.25) is 0 Å². The van der Waals surface area contributed by atoms with Crippen LogP contribution < -0.4 is 15.5 Å². The third-order valence-electron chi connectivity index (χ3n) is 4.11. The zero-order valence-electron chi connectivity index (χ0n) is 14.6. The Morgan fingerprint density at radius 1 is 1.32 bits per heavy atom. The first kappa shape index (κ1) is 19.9. The third kappa shape index (κ3) is 5.81. The van der Waals surface area contributed by atoms with Crippen molar-refractivity contribution >= 4 is 47.1 Å². The van der Waals surface area contributed by atoms with Gasteiger partial charge in [-0.1, -0.05) is 6.07 Å². The fourth-order valence-corrected chi connectivity index (χ4v) is 3.55. The summed E-state index contributed by atoms with van der Waals surface area (Å²) in [4.78, 5) is 16.7. The standard InChI is InChI=1S/C17H24N6S.HI/c1-13-11-20-16(24-13)12-21-17(18-2)22-14-6-9-23(10-7-14)15-5-3-4-8-19-15;/h3-5,8,11,14H,6-7,9-10,12H2,1-2H3,(H2,18,21,22);1H. The van der Waals surface area contributed by atoms with E-state index in [0.29, 0.717) is 12.6 Å². The lowest BCUT2D eigenvalue weighted by atomic mass is 10.1. The summed E-state index contributed by atoms with van der Waals surface area (Å²) in [5.41, 5.74) is 0. The Kier molecular flexibility index (Phi) is 7.89. The average Bonchev–Trinajstić information content (AvgIpc) is 3.05. The molecule has 2 N–H and O–H groups in total. The van der Waals surface area contributed by atoms with Crippen LogP contribution in [0.5, 0.6) is 0 Å². The molecule has 0 aliphatic carbocycles. The Morgan fingerprint density at radius 2 is 2.12 bits per heavy atom. The van der Waals surface area contributed by atoms with Crippen molar-refractivity contribution in [1.29, 1.82) is 0 Å². The molecule has 0 bridgehead atoms. The van der Waals surface area contributed by atoms with Crippen molar-refractivity contribution < 1.29 is 0 Å². The maximum Gasteiger partial charge on any atom is 0.191 e. The molecule has 1 aliphatic rings. The van der Waals surface area contributed by atoms with Gasteiger partial charge >= 0.3 is 0 Å². The molecule has 0 radical (unpaired) electrons. The van der Waals surface area contributed by atoms with Crippen molar-refractivity contribution in [3.05, 3.63) is 40.5 Å². The number of aromatic nitrogens is 2. The van der Waals surface area contributed by atoms with E-state index >= 15 is 0 Å². The predicted molar refractivity (Wildman–Crippen MR) is 115 cm³/mol. The number of thiazole rings is 1. The van der Waals surface area contributed by atoms with E-state index in [2.05, 4.69) is 43.5 Å². The smallest absolute Gasteiger partial charge is 0.191 e. The number of anilines is 1. The Hall–Kier alpha value is -1.42. The van der Waals surface area contributed by atoms with Crippen LogP contribution in [0.15, 0.2) is 35.6 Å². The van der Waals surface area contributed by atoms with E-state index < -0.39 is 0 Å². The van der Waals surface area contributed by atoms with Gasteiger partial charge in [-0.3, -0.25) is 4.99 Å². The van der Waals surface area contributed by atoms with Gasteiger partial charge < -0.3 is 15.5 Å². The largest absolute Gasteiger partial charge is 0.356 e. The number of rotatable bonds is 4. The van der Waals surface area contributed by atoms with Crippen LogP contribution in [-0.2, 0) is 6.54 Å². The number of guanidine groups is 1. The molecule has 8 heteroatoms. The fourth-order valence-electron chi connectivity index (χ4n) is 2.82. The van der Waals surface area contributed by atoms with Gasteiger partial charge in [0.1, 0.15) is 10.8 Å². The zero-order chi connectivity index (χ0) is 16.8. The molecule has 6 nitrogen and oxygen atoms in total. The molecule has 0 atom stereocenters. The summed E-state index contributed by atoms with van der Waals surface area (Å²) >= 11 is 1.71. The molecule has 136 valence electrons. The average molecular weight is 472 g/mol. The first-order chi connectivity index (χ1) is 11.7. The second-order valence-corrected chi connectivity index (χ2v) is 7.20. The van der Waals surface area contributed by atoms with Gasteiger partial charge in [-0.05, 0) is 31.9 Å². The van der Waals surface area contributed by atoms with Crippen LogP contribution in [-0.4, -0.2) is 42.1 Å². The highest BCUT2D eigenvalue weighted by Gasteiger charge is 2.20. The van der Waals surface area contributed by atoms with Gasteiger partial charge in [0.05, 0.1) is 6.54 Å². The molecule has 25 heavy (non-hydrogen) atoms. The summed E-state index contributed by atoms with van der Waals surface area (Å²) in [7, 11) is 1.81. The molecule has 0 saturated carbocycles. The molecular weight excluding hydrogens is 447 g/mol. The minimum Gasteiger partial charge on any atom is -0.356 e. The van der Waals surface area contributed by atoms with Gasteiger partial charge in [-0.2, -0.15) is 0 Å². The van der Waals surface area contributed by atoms with E-state index in [4.69, 9.17) is 0 Å². The molecule has 2 aromatic rings. The molecule has 0 amide bonds. The van der Waals surface area contributed by atoms with Gasteiger partial charge in [-0.15, -0.1) is 35.3 Å². The molecule has 1 fully saturated rings. The van der Waals surface area contributed by atoms with Crippen LogP contribution in [0.3, 0.4) is 0 Å². The highest BCUT2D eigenvalue weighted by molar-refractivity contribution is 14.0. The molecule has 0 unspecified atom stereocenters. The van der Waals surface area contributed by atoms with Gasteiger partial charge in [-0.25, -0.2) is 9.97 Å². The van der Waals surface area contributed by atoms with E-state index in [1.165, 1.54) is 4.88 Å². The van der Waals surface area contributed by atoms with Crippen LogP contribution in [0.25, 0.3) is 0 Å². The lowest BCUT2D eigenvalue weighted by molar-refractivity contribution is 0.459. The van der Waals surface area contributed by atoms with Crippen LogP contribution >= 0.6 is 35.3 Å². The first-order valence-electron chi connectivity index (χ1n) is 8.29. The quantitative estimate of drug-likeness (QED) is 0.407. The number of aryl methyl sites for hydroxylation is 1. The Labute approximate surface area is 170 Å². The van der Waals surface area contributed by atoms with E-state index in [-0.39, 0.29) is 24.0 Å². The van der Waals surface area contributed by atoms with Gasteiger partial charge in [0.15, 0.2) is 5.96 Å². The predicted octanol–water partition coefficient (Wildman–Crippen LogP) is 2.80. The summed E-state index contributed by atoms with van der Waals surface area (Å²) in [5.74, 6) is 1.91. The van der Waals surface area contributed by atoms with Crippen LogP contribution in [0.4, 0.5) is 5.82 Å². The highest BCUT2D eigenvalue weighted by Crippen LogP contribution is 2.17. The maximum absolute atomic E-state index is 4.43. The second-order valence-electron chi connectivity index (χ2n) is 5.88. The fraction of sp³-hybridized carbons (Fsp3) is 0.471. The second kappa shape index (κ2) is 9.91. The van der Waals surface area contributed by atoms with Crippen molar-refractivity contribution in [2.45, 2.75) is 32.4 Å². The van der Waals surface area contributed by atoms with Crippen molar-refractivity contribution in [1.82, 2.24) is 20.6 Å². The summed E-state index contributed by atoms with van der Waals surface area (Å²) in [6.45, 7) is 4.81. The van der Waals surface area contributed by atoms with Crippen LogP contribution in [0.2, 0.25) is 0 Å². The molecule has 2 aromatic heterocycles. The molecule has 1 saturated heterocycles. The van der Waals surface area contributed by atoms with Crippen molar-refractivity contribution in [3.8, 4) is 0 Å². The number of aliphatic imine (C=N–C) groups is 1. The van der Waals surface area contributed by atoms with Gasteiger partial charge in [0.25, 0.3) is 0 Å². The Morgan fingerprint density at radius 3 is 2.72 bits per heavy atom. The normalized spacial score (nSPS) is 15.6. The summed E-state index contributed by atoms with van der Waals surface area (Å²) in [5, 5.41) is 7.96. The lowest BCUT2D eigenvalue weighted by Crippen LogP contribution is -2.48. The summed E-state index contributed by atoms with van der Waals surface area (Å²) in [6.07, 6.45) is 5.91. The van der Waals surface area contributed by atoms with Crippen LogP contribution in [0.1, 0.15) is 22.7 Å². The molecule has 0 aromatic carbocycles. The number of nitrogens with zero attached hydrogens (tertiary/aromatic N) is 4. The minimum absolute atomic E-state index is 0. The molecule has 0 spiro atoms. The maximum atomic E-state index is 4.43. The number of nitrogens with one attached hydrogen (secondary N) is 2. The molecule has 3 rings (SSSR count). The molecular formula is C17H25IN6S. The summed E-state index contributed by atoms with van der Waals surface area (Å²) < 4.78 is 0. The number of hydrogen-bond acceptors (Lipinski definition) is 5. The van der Waals surface area contributed by atoms with Gasteiger partial charge in [0, 0.05) is 43.4 Å².